The molecule has 0 saturated carbocycles. The van der Waals surface area contributed by atoms with Crippen molar-refractivity contribution < 1.29 is 28.6 Å². The number of rotatable bonds is 8. The van der Waals surface area contributed by atoms with Crippen molar-refractivity contribution in [3.63, 3.8) is 0 Å². The lowest BCUT2D eigenvalue weighted by atomic mass is 10.2. The standard InChI is InChI=1S/C24H22N2O6/c1-30-21-14-19(12-13-20(21)31-15-17-8-4-2-5-9-17)24(29)32-16-22(27)25-26-23(28)18-10-6-3-7-11-18/h2-14H,15-16H2,1H3,(H,25,27)(H,26,28). The van der Waals surface area contributed by atoms with Crippen LogP contribution in [-0.2, 0) is 16.1 Å². The van der Waals surface area contributed by atoms with Crippen molar-refractivity contribution in [1.29, 1.82) is 0 Å². The van der Waals surface area contributed by atoms with Crippen LogP contribution in [0, 0.1) is 0 Å². The minimum absolute atomic E-state index is 0.190. The van der Waals surface area contributed by atoms with E-state index < -0.39 is 24.4 Å². The van der Waals surface area contributed by atoms with Gasteiger partial charge < -0.3 is 14.2 Å². The molecule has 0 aliphatic rings. The molecule has 0 heterocycles. The van der Waals surface area contributed by atoms with Crippen LogP contribution in [0.25, 0.3) is 0 Å². The third-order valence-electron chi connectivity index (χ3n) is 4.32. The molecule has 32 heavy (non-hydrogen) atoms. The zero-order valence-corrected chi connectivity index (χ0v) is 17.4. The molecule has 0 radical (unpaired) electrons. The number of carbonyl (C=O) groups excluding carboxylic acids is 3. The van der Waals surface area contributed by atoms with Crippen molar-refractivity contribution in [2.45, 2.75) is 6.61 Å². The first kappa shape index (κ1) is 22.4. The van der Waals surface area contributed by atoms with Gasteiger partial charge in [-0.3, -0.25) is 20.4 Å². The molecule has 0 saturated heterocycles. The number of hydrogen-bond acceptors (Lipinski definition) is 6. The summed E-state index contributed by atoms with van der Waals surface area (Å²) in [4.78, 5) is 36.0. The summed E-state index contributed by atoms with van der Waals surface area (Å²) in [6.45, 7) is -0.224. The second-order valence-electron chi connectivity index (χ2n) is 6.58. The fraction of sp³-hybridized carbons (Fsp3) is 0.125. The van der Waals surface area contributed by atoms with Crippen LogP contribution in [0.3, 0.4) is 0 Å². The van der Waals surface area contributed by atoms with E-state index in [1.807, 2.05) is 30.3 Å². The highest BCUT2D eigenvalue weighted by atomic mass is 16.5. The fourth-order valence-corrected chi connectivity index (χ4v) is 2.69. The van der Waals surface area contributed by atoms with Gasteiger partial charge in [-0.15, -0.1) is 0 Å². The molecule has 0 fully saturated rings. The smallest absolute Gasteiger partial charge is 0.338 e. The first-order valence-electron chi connectivity index (χ1n) is 9.73. The van der Waals surface area contributed by atoms with Gasteiger partial charge in [0, 0.05) is 5.56 Å². The van der Waals surface area contributed by atoms with E-state index in [2.05, 4.69) is 10.9 Å². The van der Waals surface area contributed by atoms with E-state index in [0.717, 1.165) is 5.56 Å². The lowest BCUT2D eigenvalue weighted by Crippen LogP contribution is -2.43. The highest BCUT2D eigenvalue weighted by Gasteiger charge is 2.15. The molecule has 164 valence electrons. The highest BCUT2D eigenvalue weighted by molar-refractivity contribution is 5.96. The molecule has 0 aliphatic heterocycles. The Morgan fingerprint density at radius 2 is 1.47 bits per heavy atom. The molecule has 0 unspecified atom stereocenters. The Morgan fingerprint density at radius 1 is 0.781 bits per heavy atom. The molecule has 0 spiro atoms. The number of benzene rings is 3. The first-order valence-corrected chi connectivity index (χ1v) is 9.73. The van der Waals surface area contributed by atoms with E-state index in [1.165, 1.54) is 19.2 Å². The van der Waals surface area contributed by atoms with E-state index in [-0.39, 0.29) is 5.56 Å². The SMILES string of the molecule is COc1cc(C(=O)OCC(=O)NNC(=O)c2ccccc2)ccc1OCc1ccccc1. The maximum atomic E-state index is 12.3. The van der Waals surface area contributed by atoms with E-state index in [0.29, 0.717) is 23.7 Å². The Balaban J connectivity index is 1.49. The molecular weight excluding hydrogens is 412 g/mol. The monoisotopic (exact) mass is 434 g/mol. The molecule has 3 rings (SSSR count). The number of methoxy groups -OCH3 is 1. The van der Waals surface area contributed by atoms with Gasteiger partial charge in [0.2, 0.25) is 0 Å². The Bertz CT molecular complexity index is 1070. The molecule has 0 aromatic heterocycles. The Morgan fingerprint density at radius 3 is 2.16 bits per heavy atom. The van der Waals surface area contributed by atoms with Gasteiger partial charge in [-0.2, -0.15) is 0 Å². The maximum absolute atomic E-state index is 12.3. The average Bonchev–Trinajstić information content (AvgIpc) is 2.85. The molecular formula is C24H22N2O6. The molecule has 2 N–H and O–H groups in total. The van der Waals surface area contributed by atoms with E-state index in [1.54, 1.807) is 36.4 Å². The van der Waals surface area contributed by atoms with Gasteiger partial charge in [-0.1, -0.05) is 48.5 Å². The Kier molecular flexibility index (Phi) is 7.80. The molecule has 3 aromatic rings. The van der Waals surface area contributed by atoms with Crippen molar-refractivity contribution in [3.8, 4) is 11.5 Å². The van der Waals surface area contributed by atoms with Crippen LogP contribution in [0.15, 0.2) is 78.9 Å². The van der Waals surface area contributed by atoms with Gasteiger partial charge in [0.05, 0.1) is 12.7 Å². The number of hydrogen-bond donors (Lipinski definition) is 2. The number of ether oxygens (including phenoxy) is 3. The van der Waals surface area contributed by atoms with E-state index >= 15 is 0 Å². The van der Waals surface area contributed by atoms with Crippen molar-refractivity contribution in [3.05, 3.63) is 95.6 Å². The van der Waals surface area contributed by atoms with Crippen molar-refractivity contribution in [1.82, 2.24) is 10.9 Å². The second kappa shape index (κ2) is 11.2. The maximum Gasteiger partial charge on any atom is 0.338 e. The summed E-state index contributed by atoms with van der Waals surface area (Å²) in [5.74, 6) is -1.06. The summed E-state index contributed by atoms with van der Waals surface area (Å²) in [5, 5.41) is 0. The molecule has 8 heteroatoms. The van der Waals surface area contributed by atoms with Gasteiger partial charge in [0.25, 0.3) is 11.8 Å². The van der Waals surface area contributed by atoms with Gasteiger partial charge in [0.15, 0.2) is 18.1 Å². The highest BCUT2D eigenvalue weighted by Crippen LogP contribution is 2.29. The molecule has 8 nitrogen and oxygen atoms in total. The number of esters is 1. The number of carbonyl (C=O) groups is 3. The van der Waals surface area contributed by atoms with Gasteiger partial charge in [0.1, 0.15) is 6.61 Å². The molecule has 0 bridgehead atoms. The molecule has 0 aliphatic carbocycles. The van der Waals surface area contributed by atoms with Crippen molar-refractivity contribution in [2.75, 3.05) is 13.7 Å². The molecule has 0 atom stereocenters. The molecule has 3 aromatic carbocycles. The van der Waals surface area contributed by atoms with Gasteiger partial charge in [-0.25, -0.2) is 4.79 Å². The zero-order chi connectivity index (χ0) is 22.8. The summed E-state index contributed by atoms with van der Waals surface area (Å²) in [6, 6.07) is 22.6. The predicted molar refractivity (Wildman–Crippen MR) is 116 cm³/mol. The summed E-state index contributed by atoms with van der Waals surface area (Å²) in [5.41, 5.74) is 6.00. The van der Waals surface area contributed by atoms with Crippen LogP contribution in [0.1, 0.15) is 26.3 Å². The van der Waals surface area contributed by atoms with Crippen molar-refractivity contribution >= 4 is 17.8 Å². The summed E-state index contributed by atoms with van der Waals surface area (Å²) in [7, 11) is 1.46. The van der Waals surface area contributed by atoms with Crippen molar-refractivity contribution in [2.24, 2.45) is 0 Å². The predicted octanol–water partition coefficient (Wildman–Crippen LogP) is 2.89. The van der Waals surface area contributed by atoms with Crippen LogP contribution in [-0.4, -0.2) is 31.5 Å². The topological polar surface area (TPSA) is 103 Å². The minimum atomic E-state index is -0.720. The Hall–Kier alpha value is -4.33. The Labute approximate surface area is 185 Å². The van der Waals surface area contributed by atoms with E-state index in [4.69, 9.17) is 14.2 Å². The lowest BCUT2D eigenvalue weighted by molar-refractivity contribution is -0.125. The van der Waals surface area contributed by atoms with Crippen LogP contribution in [0.5, 0.6) is 11.5 Å². The summed E-state index contributed by atoms with van der Waals surface area (Å²) < 4.78 is 16.1. The normalized spacial score (nSPS) is 10.0. The quantitative estimate of drug-likeness (QED) is 0.418. The lowest BCUT2D eigenvalue weighted by Gasteiger charge is -2.12. The third-order valence-corrected chi connectivity index (χ3v) is 4.32. The number of nitrogens with one attached hydrogen (secondary N) is 2. The van der Waals surface area contributed by atoms with Gasteiger partial charge >= 0.3 is 5.97 Å². The second-order valence-corrected chi connectivity index (χ2v) is 6.58. The largest absolute Gasteiger partial charge is 0.493 e. The third kappa shape index (κ3) is 6.33. The average molecular weight is 434 g/mol. The van der Waals surface area contributed by atoms with Crippen LogP contribution >= 0.6 is 0 Å². The summed E-state index contributed by atoms with van der Waals surface area (Å²) in [6.07, 6.45) is 0. The number of amides is 2. The van der Waals surface area contributed by atoms with Crippen LogP contribution < -0.4 is 20.3 Å². The molecule has 2 amide bonds. The minimum Gasteiger partial charge on any atom is -0.493 e. The fourth-order valence-electron chi connectivity index (χ4n) is 2.69. The van der Waals surface area contributed by atoms with Crippen LogP contribution in [0.4, 0.5) is 0 Å². The van der Waals surface area contributed by atoms with Gasteiger partial charge in [-0.05, 0) is 35.9 Å². The van der Waals surface area contributed by atoms with Crippen LogP contribution in [0.2, 0.25) is 0 Å². The first-order chi connectivity index (χ1) is 15.6. The summed E-state index contributed by atoms with van der Waals surface area (Å²) >= 11 is 0. The zero-order valence-electron chi connectivity index (χ0n) is 17.4. The van der Waals surface area contributed by atoms with E-state index in [9.17, 15) is 14.4 Å². The number of hydrazine groups is 1.